The minimum atomic E-state index is 0.620. The Balaban J connectivity index is 1.66. The molecule has 1 saturated heterocycles. The van der Waals surface area contributed by atoms with Crippen molar-refractivity contribution in [2.45, 2.75) is 12.8 Å². The van der Waals surface area contributed by atoms with Crippen LogP contribution in [-0.4, -0.2) is 44.8 Å². The third-order valence-electron chi connectivity index (χ3n) is 4.21. The predicted molar refractivity (Wildman–Crippen MR) is 89.0 cm³/mol. The number of piperidine rings is 1. The van der Waals surface area contributed by atoms with E-state index in [1.165, 1.54) is 12.8 Å². The van der Waals surface area contributed by atoms with Crippen molar-refractivity contribution in [3.05, 3.63) is 30.9 Å². The van der Waals surface area contributed by atoms with E-state index < -0.39 is 0 Å². The van der Waals surface area contributed by atoms with Crippen LogP contribution in [0.1, 0.15) is 12.8 Å². The topological polar surface area (TPSA) is 91.4 Å². The Morgan fingerprint density at radius 2 is 2.22 bits per heavy atom. The molecule has 0 aliphatic carbocycles. The van der Waals surface area contributed by atoms with Crippen LogP contribution in [0.25, 0.3) is 22.3 Å². The number of fused-ring (bicyclic) bond motifs is 1. The summed E-state index contributed by atoms with van der Waals surface area (Å²) in [6.45, 7) is 3.07. The van der Waals surface area contributed by atoms with Crippen LogP contribution >= 0.6 is 0 Å². The zero-order valence-corrected chi connectivity index (χ0v) is 12.8. The molecule has 4 rings (SSSR count). The second-order valence-electron chi connectivity index (χ2n) is 5.86. The van der Waals surface area contributed by atoms with E-state index in [1.54, 1.807) is 18.6 Å². The normalized spacial score (nSPS) is 18.2. The summed E-state index contributed by atoms with van der Waals surface area (Å²) in [6.07, 6.45) is 9.48. The van der Waals surface area contributed by atoms with E-state index in [0.717, 1.165) is 47.7 Å². The lowest BCUT2D eigenvalue weighted by Gasteiger charge is -2.23. The van der Waals surface area contributed by atoms with Crippen molar-refractivity contribution in [3.63, 3.8) is 0 Å². The molecule has 1 fully saturated rings. The molecule has 7 heteroatoms. The molecule has 3 aromatic heterocycles. The zero-order chi connectivity index (χ0) is 15.5. The van der Waals surface area contributed by atoms with Crippen LogP contribution in [0, 0.1) is 5.92 Å². The molecule has 0 aromatic carbocycles. The minimum Gasteiger partial charge on any atom is -0.368 e. The van der Waals surface area contributed by atoms with Gasteiger partial charge in [-0.1, -0.05) is 0 Å². The van der Waals surface area contributed by atoms with E-state index in [9.17, 15) is 0 Å². The van der Waals surface area contributed by atoms with Gasteiger partial charge in [0.15, 0.2) is 5.82 Å². The van der Waals surface area contributed by atoms with Crippen LogP contribution in [0.3, 0.4) is 0 Å². The van der Waals surface area contributed by atoms with Gasteiger partial charge in [0.2, 0.25) is 0 Å². The fourth-order valence-electron chi connectivity index (χ4n) is 2.97. The van der Waals surface area contributed by atoms with Gasteiger partial charge in [-0.2, -0.15) is 5.10 Å². The predicted octanol–water partition coefficient (Wildman–Crippen LogP) is 1.83. The Hall–Kier alpha value is -2.54. The Morgan fingerprint density at radius 1 is 1.26 bits per heavy atom. The van der Waals surface area contributed by atoms with Crippen LogP contribution in [-0.2, 0) is 0 Å². The summed E-state index contributed by atoms with van der Waals surface area (Å²) in [5, 5.41) is 13.7. The van der Waals surface area contributed by atoms with Gasteiger partial charge in [0.05, 0.1) is 17.4 Å². The second-order valence-corrected chi connectivity index (χ2v) is 5.86. The molecular formula is C16H19N7. The van der Waals surface area contributed by atoms with Crippen molar-refractivity contribution in [1.29, 1.82) is 0 Å². The Kier molecular flexibility index (Phi) is 3.85. The molecule has 23 heavy (non-hydrogen) atoms. The number of hydrogen-bond donors (Lipinski definition) is 3. The lowest BCUT2D eigenvalue weighted by atomic mass is 10.00. The quantitative estimate of drug-likeness (QED) is 0.681. The maximum Gasteiger partial charge on any atom is 0.154 e. The van der Waals surface area contributed by atoms with Gasteiger partial charge < -0.3 is 10.6 Å². The van der Waals surface area contributed by atoms with Crippen LogP contribution in [0.15, 0.2) is 30.9 Å². The first-order valence-electron chi connectivity index (χ1n) is 7.95. The highest BCUT2D eigenvalue weighted by Gasteiger charge is 2.15. The van der Waals surface area contributed by atoms with Crippen molar-refractivity contribution in [2.24, 2.45) is 5.92 Å². The standard InChI is InChI=1S/C16H19N7/c1-2-11(7-17-3-1)8-20-16-15-14(18-4-5-19-15)6-13(23-16)12-9-21-22-10-12/h4-6,9-11,17H,1-3,7-8H2,(H,20,23)(H,21,22). The van der Waals surface area contributed by atoms with Crippen molar-refractivity contribution < 1.29 is 0 Å². The van der Waals surface area contributed by atoms with E-state index in [0.29, 0.717) is 5.92 Å². The molecule has 0 amide bonds. The van der Waals surface area contributed by atoms with Gasteiger partial charge >= 0.3 is 0 Å². The molecule has 1 unspecified atom stereocenters. The number of hydrogen-bond acceptors (Lipinski definition) is 6. The number of H-pyrrole nitrogens is 1. The van der Waals surface area contributed by atoms with E-state index in [2.05, 4.69) is 30.8 Å². The number of anilines is 1. The minimum absolute atomic E-state index is 0.620. The Labute approximate surface area is 134 Å². The van der Waals surface area contributed by atoms with Gasteiger partial charge in [-0.15, -0.1) is 0 Å². The van der Waals surface area contributed by atoms with Crippen molar-refractivity contribution in [1.82, 2.24) is 30.5 Å². The summed E-state index contributed by atoms with van der Waals surface area (Å²) >= 11 is 0. The molecular weight excluding hydrogens is 290 g/mol. The lowest BCUT2D eigenvalue weighted by molar-refractivity contribution is 0.392. The van der Waals surface area contributed by atoms with Crippen LogP contribution in [0.2, 0.25) is 0 Å². The zero-order valence-electron chi connectivity index (χ0n) is 12.8. The third-order valence-corrected chi connectivity index (χ3v) is 4.21. The first-order chi connectivity index (χ1) is 11.4. The van der Waals surface area contributed by atoms with Crippen molar-refractivity contribution >= 4 is 16.9 Å². The van der Waals surface area contributed by atoms with Gasteiger partial charge in [-0.3, -0.25) is 10.1 Å². The highest BCUT2D eigenvalue weighted by Crippen LogP contribution is 2.25. The lowest BCUT2D eigenvalue weighted by Crippen LogP contribution is -2.33. The summed E-state index contributed by atoms with van der Waals surface area (Å²) < 4.78 is 0. The number of aromatic amines is 1. The average molecular weight is 309 g/mol. The number of aromatic nitrogens is 5. The van der Waals surface area contributed by atoms with Gasteiger partial charge in [0, 0.05) is 30.7 Å². The maximum atomic E-state index is 4.73. The summed E-state index contributed by atoms with van der Waals surface area (Å²) in [6, 6.07) is 1.94. The summed E-state index contributed by atoms with van der Waals surface area (Å²) in [4.78, 5) is 13.6. The van der Waals surface area contributed by atoms with E-state index in [4.69, 9.17) is 4.98 Å². The Bertz CT molecular complexity index is 778. The number of pyridine rings is 1. The third kappa shape index (κ3) is 3.00. The smallest absolute Gasteiger partial charge is 0.154 e. The first kappa shape index (κ1) is 14.1. The molecule has 3 N–H and O–H groups in total. The van der Waals surface area contributed by atoms with E-state index >= 15 is 0 Å². The van der Waals surface area contributed by atoms with Gasteiger partial charge in [-0.25, -0.2) is 9.97 Å². The molecule has 0 radical (unpaired) electrons. The molecule has 3 aromatic rings. The second kappa shape index (κ2) is 6.29. The summed E-state index contributed by atoms with van der Waals surface area (Å²) in [7, 11) is 0. The molecule has 118 valence electrons. The highest BCUT2D eigenvalue weighted by atomic mass is 15.1. The molecule has 0 spiro atoms. The number of nitrogens with one attached hydrogen (secondary N) is 3. The average Bonchev–Trinajstić information content (AvgIpc) is 3.15. The SMILES string of the molecule is c1cnc2c(NCC3CCCNC3)nc(-c3cn[nH]c3)cc2n1. The van der Waals surface area contributed by atoms with Crippen LogP contribution < -0.4 is 10.6 Å². The van der Waals surface area contributed by atoms with Crippen molar-refractivity contribution in [3.8, 4) is 11.3 Å². The first-order valence-corrected chi connectivity index (χ1v) is 7.95. The molecule has 1 aliphatic heterocycles. The summed E-state index contributed by atoms with van der Waals surface area (Å²) in [5.74, 6) is 1.41. The van der Waals surface area contributed by atoms with E-state index in [-0.39, 0.29) is 0 Å². The fourth-order valence-corrected chi connectivity index (χ4v) is 2.97. The summed E-state index contributed by atoms with van der Waals surface area (Å²) in [5.41, 5.74) is 3.43. The molecule has 1 atom stereocenters. The number of nitrogens with zero attached hydrogens (tertiary/aromatic N) is 4. The van der Waals surface area contributed by atoms with Gasteiger partial charge in [0.1, 0.15) is 5.52 Å². The largest absolute Gasteiger partial charge is 0.368 e. The van der Waals surface area contributed by atoms with Crippen molar-refractivity contribution in [2.75, 3.05) is 25.0 Å². The maximum absolute atomic E-state index is 4.73. The highest BCUT2D eigenvalue weighted by molar-refractivity contribution is 5.88. The number of rotatable bonds is 4. The molecule has 0 saturated carbocycles. The van der Waals surface area contributed by atoms with E-state index in [1.807, 2.05) is 12.3 Å². The molecule has 4 heterocycles. The van der Waals surface area contributed by atoms with Crippen LogP contribution in [0.4, 0.5) is 5.82 Å². The monoisotopic (exact) mass is 309 g/mol. The molecule has 0 bridgehead atoms. The fraction of sp³-hybridized carbons (Fsp3) is 0.375. The van der Waals surface area contributed by atoms with Gasteiger partial charge in [-0.05, 0) is 37.9 Å². The van der Waals surface area contributed by atoms with Crippen LogP contribution in [0.5, 0.6) is 0 Å². The Morgan fingerprint density at radius 3 is 3.04 bits per heavy atom. The van der Waals surface area contributed by atoms with Gasteiger partial charge in [0.25, 0.3) is 0 Å². The molecule has 1 aliphatic rings. The molecule has 7 nitrogen and oxygen atoms in total.